The van der Waals surface area contributed by atoms with Crippen LogP contribution in [0.1, 0.15) is 33.6 Å². The molecule has 3 rings (SSSR count). The van der Waals surface area contributed by atoms with Gasteiger partial charge in [-0.1, -0.05) is 11.6 Å². The van der Waals surface area contributed by atoms with Gasteiger partial charge in [0, 0.05) is 23.6 Å². The number of benzene rings is 1. The van der Waals surface area contributed by atoms with Gasteiger partial charge in [-0.3, -0.25) is 10.1 Å². The average molecular weight is 479 g/mol. The number of nitrogen functional groups attached to an aromatic ring is 1. The molecule has 3 N–H and O–H groups in total. The summed E-state index contributed by atoms with van der Waals surface area (Å²) < 4.78 is 23.3. The molecule has 182 valence electrons. The van der Waals surface area contributed by atoms with Gasteiger partial charge in [0.25, 0.3) is 0 Å². The number of nitrogens with two attached hydrogens (primary N) is 1. The molecule has 0 bridgehead atoms. The van der Waals surface area contributed by atoms with Crippen LogP contribution in [0.25, 0.3) is 0 Å². The number of anilines is 1. The number of carbonyl (C=O) groups is 2. The lowest BCUT2D eigenvalue weighted by Gasteiger charge is -2.42. The summed E-state index contributed by atoms with van der Waals surface area (Å²) in [4.78, 5) is 25.5. The zero-order valence-corrected chi connectivity index (χ0v) is 20.5. The highest BCUT2D eigenvalue weighted by Gasteiger charge is 2.61. The second-order valence-corrected chi connectivity index (χ2v) is 9.84. The number of imide groups is 1. The van der Waals surface area contributed by atoms with Gasteiger partial charge in [0.2, 0.25) is 5.91 Å². The van der Waals surface area contributed by atoms with Crippen LogP contribution >= 0.6 is 11.8 Å². The van der Waals surface area contributed by atoms with Gasteiger partial charge in [-0.15, -0.1) is 11.8 Å². The van der Waals surface area contributed by atoms with Crippen molar-refractivity contribution in [1.82, 2.24) is 5.32 Å². The summed E-state index contributed by atoms with van der Waals surface area (Å²) in [5.74, 6) is -0.424. The van der Waals surface area contributed by atoms with Gasteiger partial charge in [-0.2, -0.15) is 0 Å². The van der Waals surface area contributed by atoms with Crippen molar-refractivity contribution < 1.29 is 28.5 Å². The highest BCUT2D eigenvalue weighted by Crippen LogP contribution is 2.49. The molecule has 8 nitrogen and oxygen atoms in total. The number of hydrogen-bond acceptors (Lipinski definition) is 8. The number of allylic oxidation sites excluding steroid dienone is 1. The van der Waals surface area contributed by atoms with Crippen LogP contribution in [-0.4, -0.2) is 62.0 Å². The summed E-state index contributed by atoms with van der Waals surface area (Å²) in [6.07, 6.45) is 1.55. The maximum absolute atomic E-state index is 12.4. The van der Waals surface area contributed by atoms with Gasteiger partial charge in [-0.25, -0.2) is 4.79 Å². The topological polar surface area (TPSA) is 112 Å². The molecule has 1 spiro atoms. The molecular formula is C24H34N2O6S. The molecule has 0 aromatic heterocycles. The number of nitrogens with one attached hydrogen (secondary N) is 1. The normalized spacial score (nSPS) is 27.0. The van der Waals surface area contributed by atoms with Gasteiger partial charge in [0.15, 0.2) is 0 Å². The molecule has 2 aliphatic rings. The Kier molecular flexibility index (Phi) is 8.81. The Labute approximate surface area is 199 Å². The lowest BCUT2D eigenvalue weighted by atomic mass is 9.73. The maximum atomic E-state index is 12.4. The number of ether oxygens (including phenoxy) is 4. The zero-order valence-electron chi connectivity index (χ0n) is 19.7. The molecule has 1 aliphatic heterocycles. The van der Waals surface area contributed by atoms with E-state index < -0.39 is 24.2 Å². The van der Waals surface area contributed by atoms with Gasteiger partial charge in [-0.05, 0) is 57.9 Å². The van der Waals surface area contributed by atoms with E-state index >= 15 is 0 Å². The van der Waals surface area contributed by atoms with E-state index in [1.165, 1.54) is 17.3 Å². The fourth-order valence-corrected chi connectivity index (χ4v) is 5.00. The van der Waals surface area contributed by atoms with E-state index in [0.717, 1.165) is 11.3 Å². The first kappa shape index (κ1) is 25.6. The van der Waals surface area contributed by atoms with Crippen LogP contribution in [0.2, 0.25) is 0 Å². The second-order valence-electron chi connectivity index (χ2n) is 8.79. The minimum absolute atomic E-state index is 0.0867. The number of amides is 2. The molecule has 1 saturated carbocycles. The predicted molar refractivity (Wildman–Crippen MR) is 127 cm³/mol. The second kappa shape index (κ2) is 11.4. The smallest absolute Gasteiger partial charge is 0.414 e. The summed E-state index contributed by atoms with van der Waals surface area (Å²) in [5.41, 5.74) is 7.21. The molecular weight excluding hydrogens is 444 g/mol. The highest BCUT2D eigenvalue weighted by molar-refractivity contribution is 8.00. The number of epoxide rings is 1. The van der Waals surface area contributed by atoms with E-state index in [1.807, 2.05) is 39.0 Å². The lowest BCUT2D eigenvalue weighted by Crippen LogP contribution is -2.55. The summed E-state index contributed by atoms with van der Waals surface area (Å²) >= 11 is 1.31. The minimum atomic E-state index is -0.769. The molecule has 1 aliphatic carbocycles. The molecule has 2 fully saturated rings. The largest absolute Gasteiger partial charge is 0.443 e. The molecule has 2 amide bonds. The fraction of sp³-hybridized carbons (Fsp3) is 0.583. The summed E-state index contributed by atoms with van der Waals surface area (Å²) in [6.45, 7) is 7.19. The van der Waals surface area contributed by atoms with Crippen LogP contribution in [-0.2, 0) is 23.7 Å². The quantitative estimate of drug-likeness (QED) is 0.240. The Bertz CT molecular complexity index is 851. The Morgan fingerprint density at radius 1 is 1.33 bits per heavy atom. The zero-order chi connectivity index (χ0) is 24.0. The Balaban J connectivity index is 1.54. The number of methoxy groups -OCH3 is 1. The van der Waals surface area contributed by atoms with Crippen molar-refractivity contribution in [3.05, 3.63) is 35.9 Å². The van der Waals surface area contributed by atoms with Crippen molar-refractivity contribution in [2.24, 2.45) is 5.92 Å². The first-order valence-corrected chi connectivity index (χ1v) is 12.1. The summed E-state index contributed by atoms with van der Waals surface area (Å²) in [7, 11) is 1.60. The average Bonchev–Trinajstić information content (AvgIpc) is 3.53. The lowest BCUT2D eigenvalue weighted by molar-refractivity contribution is -0.139. The Morgan fingerprint density at radius 2 is 2.03 bits per heavy atom. The van der Waals surface area contributed by atoms with E-state index in [-0.39, 0.29) is 23.4 Å². The van der Waals surface area contributed by atoms with Crippen LogP contribution in [0.5, 0.6) is 0 Å². The van der Waals surface area contributed by atoms with Gasteiger partial charge < -0.3 is 24.7 Å². The molecule has 5 atom stereocenters. The van der Waals surface area contributed by atoms with Crippen molar-refractivity contribution in [1.29, 1.82) is 0 Å². The highest BCUT2D eigenvalue weighted by atomic mass is 32.2. The Morgan fingerprint density at radius 3 is 2.64 bits per heavy atom. The number of hydrogen-bond donors (Lipinski definition) is 2. The third kappa shape index (κ3) is 6.96. The van der Waals surface area contributed by atoms with E-state index in [1.54, 1.807) is 19.2 Å². The van der Waals surface area contributed by atoms with Crippen molar-refractivity contribution in [2.75, 3.05) is 31.8 Å². The molecule has 9 heteroatoms. The van der Waals surface area contributed by atoms with Gasteiger partial charge in [0.05, 0.1) is 30.7 Å². The third-order valence-corrected chi connectivity index (χ3v) is 7.09. The molecule has 3 unspecified atom stereocenters. The molecule has 1 heterocycles. The number of rotatable bonds is 9. The monoisotopic (exact) mass is 478 g/mol. The van der Waals surface area contributed by atoms with Crippen molar-refractivity contribution >= 4 is 29.4 Å². The molecule has 1 aromatic carbocycles. The standard InChI is InChI=1S/C24H34N2O6S/c1-15(2)10-12-30-16(3)21-22(29-4)19(9-11-24(21)14-31-24)32-23(28)26-20(27)13-33-18-7-5-17(25)6-8-18/h5-8,10,16,19,21-22H,9,11-14,25H2,1-4H3,(H,26,27,28)/t16-,19?,21?,22?,24-/m0/s1. The molecule has 33 heavy (non-hydrogen) atoms. The number of carbonyl (C=O) groups excluding carboxylic acids is 2. The number of alkyl carbamates (subject to hydrolysis) is 1. The number of thioether (sulfide) groups is 1. The van der Waals surface area contributed by atoms with Crippen LogP contribution in [0.4, 0.5) is 10.5 Å². The van der Waals surface area contributed by atoms with Crippen LogP contribution in [0.15, 0.2) is 40.8 Å². The maximum Gasteiger partial charge on any atom is 0.414 e. The SMILES string of the molecule is COC1C(OC(=O)NC(=O)CSc2ccc(N)cc2)CC[C@]2(CO2)C1[C@H](C)OCC=C(C)C. The van der Waals surface area contributed by atoms with Crippen molar-refractivity contribution in [3.8, 4) is 0 Å². The van der Waals surface area contributed by atoms with Crippen LogP contribution < -0.4 is 11.1 Å². The minimum Gasteiger partial charge on any atom is -0.443 e. The van der Waals surface area contributed by atoms with E-state index in [9.17, 15) is 9.59 Å². The third-order valence-electron chi connectivity index (χ3n) is 6.07. The van der Waals surface area contributed by atoms with Crippen molar-refractivity contribution in [3.63, 3.8) is 0 Å². The molecule has 0 radical (unpaired) electrons. The van der Waals surface area contributed by atoms with Gasteiger partial charge >= 0.3 is 6.09 Å². The molecule has 1 saturated heterocycles. The van der Waals surface area contributed by atoms with Crippen LogP contribution in [0, 0.1) is 5.92 Å². The fourth-order valence-electron chi connectivity index (χ4n) is 4.30. The van der Waals surface area contributed by atoms with E-state index in [0.29, 0.717) is 25.3 Å². The molecule has 1 aromatic rings. The summed E-state index contributed by atoms with van der Waals surface area (Å²) in [6, 6.07) is 7.18. The summed E-state index contributed by atoms with van der Waals surface area (Å²) in [5, 5.41) is 2.31. The van der Waals surface area contributed by atoms with E-state index in [2.05, 4.69) is 5.32 Å². The Hall–Kier alpha value is -2.07. The first-order valence-electron chi connectivity index (χ1n) is 11.1. The first-order chi connectivity index (χ1) is 15.7. The predicted octanol–water partition coefficient (Wildman–Crippen LogP) is 3.55. The van der Waals surface area contributed by atoms with Gasteiger partial charge in [0.1, 0.15) is 12.2 Å². The van der Waals surface area contributed by atoms with Crippen LogP contribution in [0.3, 0.4) is 0 Å². The van der Waals surface area contributed by atoms with Crippen molar-refractivity contribution in [2.45, 2.75) is 62.4 Å². The van der Waals surface area contributed by atoms with E-state index in [4.69, 9.17) is 24.7 Å².